The summed E-state index contributed by atoms with van der Waals surface area (Å²) in [6, 6.07) is 18.6. The summed E-state index contributed by atoms with van der Waals surface area (Å²) in [6.45, 7) is 7.96. The molecule has 0 aromatic heterocycles. The number of ether oxygens (including phenoxy) is 4. The lowest BCUT2D eigenvalue weighted by Gasteiger charge is -2.25. The first-order valence-electron chi connectivity index (χ1n) is 11.8. The Morgan fingerprint density at radius 1 is 0.771 bits per heavy atom. The number of hydrogen-bond acceptors (Lipinski definition) is 8. The first-order chi connectivity index (χ1) is 16.8. The van der Waals surface area contributed by atoms with Crippen LogP contribution in [0.1, 0.15) is 38.8 Å². The molecule has 8 nitrogen and oxygen atoms in total. The number of benzene rings is 2. The van der Waals surface area contributed by atoms with Crippen LogP contribution in [0.4, 0.5) is 0 Å². The van der Waals surface area contributed by atoms with Crippen molar-refractivity contribution in [1.82, 2.24) is 0 Å². The van der Waals surface area contributed by atoms with E-state index in [-0.39, 0.29) is 19.8 Å². The molecule has 0 N–H and O–H groups in total. The number of rotatable bonds is 18. The van der Waals surface area contributed by atoms with E-state index in [0.717, 1.165) is 11.1 Å². The normalized spacial score (nSPS) is 14.4. The van der Waals surface area contributed by atoms with E-state index in [1.54, 1.807) is 13.8 Å². The van der Waals surface area contributed by atoms with Gasteiger partial charge in [0, 0.05) is 13.2 Å². The van der Waals surface area contributed by atoms with Gasteiger partial charge in [-0.15, -0.1) is 0 Å². The van der Waals surface area contributed by atoms with Gasteiger partial charge in [-0.2, -0.15) is 0 Å². The molecule has 0 radical (unpaired) electrons. The molecule has 9 heteroatoms. The summed E-state index contributed by atoms with van der Waals surface area (Å²) in [4.78, 5) is 13.3. The van der Waals surface area contributed by atoms with Crippen molar-refractivity contribution in [1.29, 1.82) is 0 Å². The van der Waals surface area contributed by atoms with Gasteiger partial charge in [-0.25, -0.2) is 0 Å². The zero-order chi connectivity index (χ0) is 25.5. The topological polar surface area (TPSA) is 89.5 Å². The highest BCUT2D eigenvalue weighted by molar-refractivity contribution is 7.54. The third-order valence-corrected chi connectivity index (χ3v) is 6.63. The van der Waals surface area contributed by atoms with Gasteiger partial charge < -0.3 is 28.0 Å². The molecule has 3 atom stereocenters. The molecule has 0 heterocycles. The lowest BCUT2D eigenvalue weighted by Crippen LogP contribution is -2.37. The highest BCUT2D eigenvalue weighted by Gasteiger charge is 2.34. The molecule has 0 aliphatic heterocycles. The number of ketones is 1. The molecular formula is C26H37O8P. The monoisotopic (exact) mass is 508 g/mol. The second kappa shape index (κ2) is 16.0. The minimum absolute atomic E-state index is 0.0406. The molecule has 2 unspecified atom stereocenters. The van der Waals surface area contributed by atoms with Crippen molar-refractivity contribution in [3.63, 3.8) is 0 Å². The van der Waals surface area contributed by atoms with Crippen molar-refractivity contribution in [2.24, 2.45) is 0 Å². The van der Waals surface area contributed by atoms with Crippen LogP contribution in [0, 0.1) is 0 Å². The van der Waals surface area contributed by atoms with Gasteiger partial charge in [-0.05, 0) is 38.8 Å². The van der Waals surface area contributed by atoms with Crippen molar-refractivity contribution in [2.45, 2.75) is 59.6 Å². The third-order valence-electron chi connectivity index (χ3n) is 4.89. The first-order valence-corrected chi connectivity index (χ1v) is 13.6. The predicted molar refractivity (Wildman–Crippen MR) is 133 cm³/mol. The van der Waals surface area contributed by atoms with Gasteiger partial charge in [0.2, 0.25) is 0 Å². The molecule has 2 aromatic carbocycles. The Labute approximate surface area is 208 Å². The molecule has 0 saturated heterocycles. The van der Waals surface area contributed by atoms with E-state index in [2.05, 4.69) is 0 Å². The second-order valence-electron chi connectivity index (χ2n) is 7.76. The molecule has 0 aliphatic carbocycles. The Morgan fingerprint density at radius 3 is 1.74 bits per heavy atom. The smallest absolute Gasteiger partial charge is 0.338 e. The number of Topliss-reactive ketones (excluding diaryl/α,β-unsaturated/α-hetero) is 1. The summed E-state index contributed by atoms with van der Waals surface area (Å²) in [5.41, 5.74) is 1.63. The standard InChI is InChI=1S/C26H37O8P/c1-5-29-21(3)31-19-26(34-22(4)30-6-2)25(27)20-35(28,32-17-23-13-9-7-10-14-23)33-18-24-15-11-8-12-16-24/h7-16,21-22,26H,5-6,17-20H2,1-4H3/t21?,22?,26-/m1/s1. The molecule has 0 bridgehead atoms. The quantitative estimate of drug-likeness (QED) is 0.197. The van der Waals surface area contributed by atoms with E-state index in [1.165, 1.54) is 0 Å². The molecule has 2 aromatic rings. The van der Waals surface area contributed by atoms with E-state index in [1.807, 2.05) is 74.5 Å². The van der Waals surface area contributed by atoms with Gasteiger partial charge in [0.15, 0.2) is 18.4 Å². The summed E-state index contributed by atoms with van der Waals surface area (Å²) in [6.07, 6.45) is -2.69. The summed E-state index contributed by atoms with van der Waals surface area (Å²) >= 11 is 0. The maximum absolute atomic E-state index is 13.7. The molecule has 194 valence electrons. The number of carbonyl (C=O) groups excluding carboxylic acids is 1. The highest BCUT2D eigenvalue weighted by atomic mass is 31.2. The molecule has 0 amide bonds. The first kappa shape index (κ1) is 29.3. The minimum atomic E-state index is -3.84. The van der Waals surface area contributed by atoms with Crippen LogP contribution in [0.25, 0.3) is 0 Å². The zero-order valence-electron chi connectivity index (χ0n) is 21.0. The van der Waals surface area contributed by atoms with Crippen LogP contribution in [0.5, 0.6) is 0 Å². The van der Waals surface area contributed by atoms with E-state index < -0.39 is 38.2 Å². The van der Waals surface area contributed by atoms with Crippen LogP contribution in [0.2, 0.25) is 0 Å². The van der Waals surface area contributed by atoms with Crippen LogP contribution in [-0.4, -0.2) is 50.4 Å². The lowest BCUT2D eigenvalue weighted by molar-refractivity contribution is -0.197. The van der Waals surface area contributed by atoms with Crippen LogP contribution in [0.3, 0.4) is 0 Å². The SMILES string of the molecule is CCOC(C)OC[C@@H](OC(C)OCC)C(=O)CP(=O)(OCc1ccccc1)OCc1ccccc1. The van der Waals surface area contributed by atoms with E-state index in [4.69, 9.17) is 28.0 Å². The van der Waals surface area contributed by atoms with Crippen molar-refractivity contribution in [3.05, 3.63) is 71.8 Å². The Balaban J connectivity index is 2.14. The van der Waals surface area contributed by atoms with Crippen molar-refractivity contribution in [2.75, 3.05) is 26.0 Å². The third kappa shape index (κ3) is 11.6. The molecule has 0 fully saturated rings. The average Bonchev–Trinajstić information content (AvgIpc) is 2.86. The number of hydrogen-bond donors (Lipinski definition) is 0. The van der Waals surface area contributed by atoms with Crippen LogP contribution in [-0.2, 0) is 50.6 Å². The second-order valence-corrected chi connectivity index (χ2v) is 9.81. The molecule has 35 heavy (non-hydrogen) atoms. The van der Waals surface area contributed by atoms with Crippen molar-refractivity contribution in [3.8, 4) is 0 Å². The Morgan fingerprint density at radius 2 is 1.26 bits per heavy atom. The van der Waals surface area contributed by atoms with Gasteiger partial charge in [-0.3, -0.25) is 9.36 Å². The van der Waals surface area contributed by atoms with Gasteiger partial charge in [-0.1, -0.05) is 60.7 Å². The summed E-state index contributed by atoms with van der Waals surface area (Å²) in [5.74, 6) is -0.468. The van der Waals surface area contributed by atoms with Crippen LogP contribution >= 0.6 is 7.60 Å². The Hall–Kier alpha value is -1.90. The van der Waals surface area contributed by atoms with E-state index in [9.17, 15) is 9.36 Å². The molecule has 0 aliphatic rings. The minimum Gasteiger partial charge on any atom is -0.353 e. The zero-order valence-corrected chi connectivity index (χ0v) is 21.9. The fourth-order valence-corrected chi connectivity index (χ4v) is 4.67. The molecule has 0 saturated carbocycles. The fraction of sp³-hybridized carbons (Fsp3) is 0.500. The Kier molecular flexibility index (Phi) is 13.4. The summed E-state index contributed by atoms with van der Waals surface area (Å²) < 4.78 is 47.4. The van der Waals surface area contributed by atoms with Gasteiger partial charge in [0.05, 0.1) is 19.8 Å². The molecule has 0 spiro atoms. The fourth-order valence-electron chi connectivity index (χ4n) is 3.13. The van der Waals surface area contributed by atoms with Crippen LogP contribution < -0.4 is 0 Å². The van der Waals surface area contributed by atoms with Gasteiger partial charge >= 0.3 is 7.60 Å². The Bertz CT molecular complexity index is 845. The maximum Gasteiger partial charge on any atom is 0.338 e. The van der Waals surface area contributed by atoms with Crippen molar-refractivity contribution < 1.29 is 37.4 Å². The molecular weight excluding hydrogens is 471 g/mol. The summed E-state index contributed by atoms with van der Waals surface area (Å²) in [5, 5.41) is 0. The maximum atomic E-state index is 13.7. The van der Waals surface area contributed by atoms with Crippen LogP contribution in [0.15, 0.2) is 60.7 Å². The largest absolute Gasteiger partial charge is 0.353 e. The van der Waals surface area contributed by atoms with E-state index >= 15 is 0 Å². The summed E-state index contributed by atoms with van der Waals surface area (Å²) in [7, 11) is -3.84. The highest BCUT2D eigenvalue weighted by Crippen LogP contribution is 2.50. The van der Waals surface area contributed by atoms with Crippen molar-refractivity contribution >= 4 is 13.4 Å². The van der Waals surface area contributed by atoms with E-state index in [0.29, 0.717) is 13.2 Å². The predicted octanol–water partition coefficient (Wildman–Crippen LogP) is 5.35. The number of carbonyl (C=O) groups is 1. The van der Waals surface area contributed by atoms with Gasteiger partial charge in [0.25, 0.3) is 0 Å². The lowest BCUT2D eigenvalue weighted by atomic mass is 10.2. The molecule has 2 rings (SSSR count). The van der Waals surface area contributed by atoms with Gasteiger partial charge in [0.1, 0.15) is 12.3 Å². The average molecular weight is 509 g/mol.